The molecule has 1 aromatic carbocycles. The molecule has 2 rings (SSSR count). The molecule has 1 amide bonds. The normalized spacial score (nSPS) is 16.4. The summed E-state index contributed by atoms with van der Waals surface area (Å²) in [5, 5.41) is 2.70. The van der Waals surface area contributed by atoms with Crippen LogP contribution < -0.4 is 10.2 Å². The molecule has 1 heterocycles. The lowest BCUT2D eigenvalue weighted by molar-refractivity contribution is -0.122. The van der Waals surface area contributed by atoms with Crippen LogP contribution in [0.2, 0.25) is 0 Å². The number of carbonyl (C=O) groups excluding carboxylic acids is 1. The SMILES string of the molecule is COCCNC(=O)CN1CCN(c2ccccc2S(=O)(=O)C(F)(F)F)CC1. The smallest absolute Gasteiger partial charge is 0.383 e. The van der Waals surface area contributed by atoms with Gasteiger partial charge in [-0.25, -0.2) is 8.42 Å². The minimum absolute atomic E-state index is 0.0269. The molecule has 0 aromatic heterocycles. The van der Waals surface area contributed by atoms with Crippen molar-refractivity contribution in [2.45, 2.75) is 10.4 Å². The number of ether oxygens (including phenoxy) is 1. The Morgan fingerprint density at radius 1 is 1.19 bits per heavy atom. The summed E-state index contributed by atoms with van der Waals surface area (Å²) in [4.78, 5) is 14.5. The standard InChI is InChI=1S/C16H22F3N3O4S/c1-26-11-6-20-15(23)12-21-7-9-22(10-8-21)13-4-2-3-5-14(13)27(24,25)16(17,18)19/h2-5H,6-12H2,1H3,(H,20,23). The van der Waals surface area contributed by atoms with E-state index in [2.05, 4.69) is 5.32 Å². The Kier molecular flexibility index (Phi) is 7.06. The second-order valence-electron chi connectivity index (χ2n) is 6.02. The maximum Gasteiger partial charge on any atom is 0.501 e. The summed E-state index contributed by atoms with van der Waals surface area (Å²) in [7, 11) is -3.90. The number of alkyl halides is 3. The molecule has 1 saturated heterocycles. The lowest BCUT2D eigenvalue weighted by Crippen LogP contribution is -2.50. The predicted octanol–water partition coefficient (Wildman–Crippen LogP) is 0.865. The zero-order chi connectivity index (χ0) is 20.1. The zero-order valence-electron chi connectivity index (χ0n) is 14.8. The number of hydrogen-bond acceptors (Lipinski definition) is 6. The van der Waals surface area contributed by atoms with Gasteiger partial charge in [0, 0.05) is 39.8 Å². The van der Waals surface area contributed by atoms with E-state index in [-0.39, 0.29) is 18.1 Å². The second kappa shape index (κ2) is 8.89. The molecule has 0 radical (unpaired) electrons. The first-order valence-electron chi connectivity index (χ1n) is 8.30. The Morgan fingerprint density at radius 3 is 2.41 bits per heavy atom. The first-order valence-corrected chi connectivity index (χ1v) is 9.78. The van der Waals surface area contributed by atoms with Gasteiger partial charge in [-0.1, -0.05) is 12.1 Å². The summed E-state index contributed by atoms with van der Waals surface area (Å²) < 4.78 is 67.3. The molecule has 1 N–H and O–H groups in total. The van der Waals surface area contributed by atoms with Crippen molar-refractivity contribution in [1.82, 2.24) is 10.2 Å². The number of amides is 1. The highest BCUT2D eigenvalue weighted by molar-refractivity contribution is 7.92. The van der Waals surface area contributed by atoms with E-state index in [0.717, 1.165) is 6.07 Å². The maximum atomic E-state index is 12.9. The molecule has 0 spiro atoms. The maximum absolute atomic E-state index is 12.9. The third-order valence-electron chi connectivity index (χ3n) is 4.17. The summed E-state index contributed by atoms with van der Waals surface area (Å²) in [6, 6.07) is 5.10. The molecule has 11 heteroatoms. The highest BCUT2D eigenvalue weighted by Crippen LogP contribution is 2.36. The predicted molar refractivity (Wildman–Crippen MR) is 93.2 cm³/mol. The Bertz CT molecular complexity index is 748. The van der Waals surface area contributed by atoms with Crippen molar-refractivity contribution in [3.63, 3.8) is 0 Å². The Hall–Kier alpha value is -1.85. The molecule has 1 fully saturated rings. The van der Waals surface area contributed by atoms with E-state index in [0.29, 0.717) is 39.3 Å². The van der Waals surface area contributed by atoms with Crippen molar-refractivity contribution in [3.05, 3.63) is 24.3 Å². The fourth-order valence-electron chi connectivity index (χ4n) is 2.77. The lowest BCUT2D eigenvalue weighted by Gasteiger charge is -2.36. The summed E-state index contributed by atoms with van der Waals surface area (Å²) in [6.45, 7) is 2.46. The minimum atomic E-state index is -5.43. The number of benzene rings is 1. The summed E-state index contributed by atoms with van der Waals surface area (Å²) >= 11 is 0. The number of para-hydroxylation sites is 1. The van der Waals surface area contributed by atoms with Crippen LogP contribution >= 0.6 is 0 Å². The number of nitrogens with zero attached hydrogens (tertiary/aromatic N) is 2. The van der Waals surface area contributed by atoms with Crippen LogP contribution in [-0.4, -0.2) is 77.7 Å². The summed E-state index contributed by atoms with van der Waals surface area (Å²) in [6.07, 6.45) is 0. The Balaban J connectivity index is 2.02. The number of nitrogens with one attached hydrogen (secondary N) is 1. The van der Waals surface area contributed by atoms with Crippen LogP contribution in [0.3, 0.4) is 0 Å². The number of rotatable bonds is 7. The van der Waals surface area contributed by atoms with Crippen molar-refractivity contribution in [1.29, 1.82) is 0 Å². The molecule has 152 valence electrons. The quantitative estimate of drug-likeness (QED) is 0.674. The highest BCUT2D eigenvalue weighted by atomic mass is 32.2. The highest BCUT2D eigenvalue weighted by Gasteiger charge is 2.48. The van der Waals surface area contributed by atoms with Gasteiger partial charge in [0.15, 0.2) is 0 Å². The van der Waals surface area contributed by atoms with Crippen LogP contribution in [0.1, 0.15) is 0 Å². The third kappa shape index (κ3) is 5.33. The van der Waals surface area contributed by atoms with Gasteiger partial charge in [0.2, 0.25) is 5.91 Å². The summed E-state index contributed by atoms with van der Waals surface area (Å²) in [5.74, 6) is -0.166. The van der Waals surface area contributed by atoms with Gasteiger partial charge in [-0.15, -0.1) is 0 Å². The van der Waals surface area contributed by atoms with Gasteiger partial charge in [-0.3, -0.25) is 9.69 Å². The first-order chi connectivity index (χ1) is 12.7. The van der Waals surface area contributed by atoms with Crippen LogP contribution in [0, 0.1) is 0 Å². The number of carbonyl (C=O) groups is 1. The van der Waals surface area contributed by atoms with Crippen molar-refractivity contribution in [3.8, 4) is 0 Å². The van der Waals surface area contributed by atoms with Crippen molar-refractivity contribution in [2.75, 3.05) is 57.9 Å². The van der Waals surface area contributed by atoms with E-state index in [1.165, 1.54) is 25.3 Å². The van der Waals surface area contributed by atoms with Crippen molar-refractivity contribution < 1.29 is 31.1 Å². The first kappa shape index (κ1) is 21.5. The van der Waals surface area contributed by atoms with Crippen LogP contribution in [0.4, 0.5) is 18.9 Å². The van der Waals surface area contributed by atoms with Gasteiger partial charge in [-0.2, -0.15) is 13.2 Å². The number of hydrogen-bond donors (Lipinski definition) is 1. The molecule has 0 saturated carbocycles. The molecule has 1 aromatic rings. The summed E-state index contributed by atoms with van der Waals surface area (Å²) in [5.41, 5.74) is -5.33. The number of piperazine rings is 1. The van der Waals surface area contributed by atoms with Crippen LogP contribution in [0.15, 0.2) is 29.2 Å². The van der Waals surface area contributed by atoms with Gasteiger partial charge in [0.1, 0.15) is 0 Å². The molecule has 0 unspecified atom stereocenters. The van der Waals surface area contributed by atoms with E-state index in [4.69, 9.17) is 4.74 Å². The largest absolute Gasteiger partial charge is 0.501 e. The molecule has 1 aliphatic rings. The van der Waals surface area contributed by atoms with E-state index in [9.17, 15) is 26.4 Å². The lowest BCUT2D eigenvalue weighted by atomic mass is 10.2. The molecule has 0 atom stereocenters. The minimum Gasteiger partial charge on any atom is -0.383 e. The molecular formula is C16H22F3N3O4S. The second-order valence-corrected chi connectivity index (χ2v) is 7.93. The van der Waals surface area contributed by atoms with E-state index in [1.807, 2.05) is 4.90 Å². The van der Waals surface area contributed by atoms with Crippen LogP contribution in [-0.2, 0) is 19.4 Å². The van der Waals surface area contributed by atoms with Gasteiger partial charge in [-0.05, 0) is 12.1 Å². The molecule has 1 aliphatic heterocycles. The third-order valence-corrected chi connectivity index (χ3v) is 5.70. The van der Waals surface area contributed by atoms with Crippen LogP contribution in [0.5, 0.6) is 0 Å². The number of sulfone groups is 1. The van der Waals surface area contributed by atoms with Crippen molar-refractivity contribution >= 4 is 21.4 Å². The fraction of sp³-hybridized carbons (Fsp3) is 0.562. The Morgan fingerprint density at radius 2 is 1.81 bits per heavy atom. The van der Waals surface area contributed by atoms with E-state index in [1.54, 1.807) is 4.90 Å². The average Bonchev–Trinajstić information content (AvgIpc) is 2.61. The fourth-order valence-corrected chi connectivity index (χ4v) is 3.75. The average molecular weight is 409 g/mol. The van der Waals surface area contributed by atoms with Crippen molar-refractivity contribution in [2.24, 2.45) is 0 Å². The number of halogens is 3. The number of methoxy groups -OCH3 is 1. The van der Waals surface area contributed by atoms with Gasteiger partial charge in [0.25, 0.3) is 9.84 Å². The van der Waals surface area contributed by atoms with Gasteiger partial charge >= 0.3 is 5.51 Å². The van der Waals surface area contributed by atoms with Gasteiger partial charge in [0.05, 0.1) is 23.7 Å². The van der Waals surface area contributed by atoms with Crippen LogP contribution in [0.25, 0.3) is 0 Å². The monoisotopic (exact) mass is 409 g/mol. The molecular weight excluding hydrogens is 387 g/mol. The molecule has 0 aliphatic carbocycles. The Labute approximate surface area is 156 Å². The van der Waals surface area contributed by atoms with Gasteiger partial charge < -0.3 is 15.0 Å². The van der Waals surface area contributed by atoms with E-state index >= 15 is 0 Å². The molecule has 7 nitrogen and oxygen atoms in total. The topological polar surface area (TPSA) is 79.0 Å². The molecule has 0 bridgehead atoms. The zero-order valence-corrected chi connectivity index (χ0v) is 15.6. The van der Waals surface area contributed by atoms with E-state index < -0.39 is 20.2 Å². The number of anilines is 1. The molecule has 27 heavy (non-hydrogen) atoms.